The maximum atomic E-state index is 12.2. The number of nitrogen functional groups attached to an aromatic ring is 1. The number of carbonyl (C=O) groups excluding carboxylic acids is 1. The van der Waals surface area contributed by atoms with Gasteiger partial charge in [0.25, 0.3) is 0 Å². The molecule has 3 aromatic rings. The molecule has 0 aliphatic heterocycles. The summed E-state index contributed by atoms with van der Waals surface area (Å²) in [5, 5.41) is 5.70. The van der Waals surface area contributed by atoms with Gasteiger partial charge in [-0.05, 0) is 43.2 Å². The minimum absolute atomic E-state index is 0.286. The molecule has 0 aliphatic rings. The van der Waals surface area contributed by atoms with Crippen LogP contribution in [0.25, 0.3) is 11.3 Å². The molecular formula is C20H23N5O. The van der Waals surface area contributed by atoms with E-state index in [1.54, 1.807) is 0 Å². The lowest BCUT2D eigenvalue weighted by Gasteiger charge is -2.09. The van der Waals surface area contributed by atoms with Gasteiger partial charge in [0.2, 0.25) is 0 Å². The summed E-state index contributed by atoms with van der Waals surface area (Å²) >= 11 is 0. The Kier molecular flexibility index (Phi) is 5.22. The number of hydrogen-bond donors (Lipinski definition) is 4. The molecule has 0 saturated carbocycles. The number of hydrogen-bond acceptors (Lipinski definition) is 3. The number of urea groups is 1. The van der Waals surface area contributed by atoms with Crippen LogP contribution in [-0.2, 0) is 6.42 Å². The molecule has 0 radical (unpaired) electrons. The van der Waals surface area contributed by atoms with Crippen LogP contribution >= 0.6 is 0 Å². The van der Waals surface area contributed by atoms with Gasteiger partial charge in [0, 0.05) is 16.9 Å². The number of H-pyrrole nitrogens is 1. The highest BCUT2D eigenvalue weighted by Gasteiger charge is 2.09. The lowest BCUT2D eigenvalue weighted by Crippen LogP contribution is -2.19. The number of nitrogens with two attached hydrogens (primary N) is 1. The summed E-state index contributed by atoms with van der Waals surface area (Å²) in [7, 11) is 0. The largest absolute Gasteiger partial charge is 0.369 e. The zero-order valence-corrected chi connectivity index (χ0v) is 15.0. The van der Waals surface area contributed by atoms with Gasteiger partial charge in [0.1, 0.15) is 0 Å². The van der Waals surface area contributed by atoms with Crippen molar-refractivity contribution >= 4 is 23.4 Å². The van der Waals surface area contributed by atoms with Crippen LogP contribution in [-0.4, -0.2) is 16.0 Å². The standard InChI is InChI=1S/C20H23N5O/c1-3-5-14-8-10-16(11-9-14)23-20(26)24-17-7-4-6-15(12-17)18-13(2)22-19(21)25-18/h4,6-12H,3,5H2,1-2H3,(H3,21,22,25)(H2,23,24,26). The minimum Gasteiger partial charge on any atom is -0.369 e. The Morgan fingerprint density at radius 1 is 1.12 bits per heavy atom. The number of aryl methyl sites for hydroxylation is 2. The van der Waals surface area contributed by atoms with Crippen molar-refractivity contribution in [3.8, 4) is 11.3 Å². The van der Waals surface area contributed by atoms with Crippen LogP contribution in [0.4, 0.5) is 22.1 Å². The van der Waals surface area contributed by atoms with Crippen molar-refractivity contribution in [1.29, 1.82) is 0 Å². The Morgan fingerprint density at radius 3 is 2.50 bits per heavy atom. The van der Waals surface area contributed by atoms with Crippen LogP contribution in [0.2, 0.25) is 0 Å². The molecule has 0 atom stereocenters. The molecule has 1 heterocycles. The first kappa shape index (κ1) is 17.5. The second-order valence-corrected chi connectivity index (χ2v) is 6.19. The average Bonchev–Trinajstić information content (AvgIpc) is 2.95. The van der Waals surface area contributed by atoms with Gasteiger partial charge in [-0.25, -0.2) is 9.78 Å². The van der Waals surface area contributed by atoms with Gasteiger partial charge >= 0.3 is 6.03 Å². The Morgan fingerprint density at radius 2 is 1.85 bits per heavy atom. The molecule has 0 unspecified atom stereocenters. The lowest BCUT2D eigenvalue weighted by atomic mass is 10.1. The normalized spacial score (nSPS) is 10.5. The van der Waals surface area contributed by atoms with Gasteiger partial charge in [-0.1, -0.05) is 37.6 Å². The molecule has 0 aliphatic carbocycles. The molecule has 6 nitrogen and oxygen atoms in total. The molecule has 2 aromatic carbocycles. The van der Waals surface area contributed by atoms with Crippen LogP contribution in [0.3, 0.4) is 0 Å². The SMILES string of the molecule is CCCc1ccc(NC(=O)Nc2cccc(-c3[nH]c(N)nc3C)c2)cc1. The first-order valence-electron chi connectivity index (χ1n) is 8.64. The number of nitrogens with zero attached hydrogens (tertiary/aromatic N) is 1. The van der Waals surface area contributed by atoms with Crippen molar-refractivity contribution in [2.45, 2.75) is 26.7 Å². The van der Waals surface area contributed by atoms with Crippen molar-refractivity contribution in [2.75, 3.05) is 16.4 Å². The summed E-state index contributed by atoms with van der Waals surface area (Å²) in [6.45, 7) is 4.03. The van der Waals surface area contributed by atoms with E-state index in [-0.39, 0.29) is 6.03 Å². The third kappa shape index (κ3) is 4.22. The number of rotatable bonds is 5. The molecular weight excluding hydrogens is 326 g/mol. The van der Waals surface area contributed by atoms with Crippen LogP contribution in [0.1, 0.15) is 24.6 Å². The van der Waals surface area contributed by atoms with Gasteiger partial charge < -0.3 is 21.4 Å². The third-order valence-corrected chi connectivity index (χ3v) is 4.06. The van der Waals surface area contributed by atoms with Crippen LogP contribution in [0.15, 0.2) is 48.5 Å². The van der Waals surface area contributed by atoms with Crippen LogP contribution < -0.4 is 16.4 Å². The van der Waals surface area contributed by atoms with E-state index in [1.165, 1.54) is 5.56 Å². The quantitative estimate of drug-likeness (QED) is 0.543. The number of aromatic amines is 1. The van der Waals surface area contributed by atoms with Crippen molar-refractivity contribution in [3.63, 3.8) is 0 Å². The molecule has 2 amide bonds. The minimum atomic E-state index is -0.286. The van der Waals surface area contributed by atoms with Crippen molar-refractivity contribution in [3.05, 3.63) is 59.8 Å². The van der Waals surface area contributed by atoms with Crippen molar-refractivity contribution < 1.29 is 4.79 Å². The third-order valence-electron chi connectivity index (χ3n) is 4.06. The molecule has 0 saturated heterocycles. The second-order valence-electron chi connectivity index (χ2n) is 6.19. The zero-order valence-electron chi connectivity index (χ0n) is 15.0. The van der Waals surface area contributed by atoms with E-state index in [2.05, 4.69) is 27.5 Å². The highest BCUT2D eigenvalue weighted by molar-refractivity contribution is 6.00. The predicted molar refractivity (Wildman–Crippen MR) is 106 cm³/mol. The number of anilines is 3. The highest BCUT2D eigenvalue weighted by atomic mass is 16.2. The molecule has 26 heavy (non-hydrogen) atoms. The first-order chi connectivity index (χ1) is 12.5. The number of imidazole rings is 1. The first-order valence-corrected chi connectivity index (χ1v) is 8.64. The highest BCUT2D eigenvalue weighted by Crippen LogP contribution is 2.24. The van der Waals surface area contributed by atoms with Crippen LogP contribution in [0, 0.1) is 6.92 Å². The Hall–Kier alpha value is -3.28. The van der Waals surface area contributed by atoms with Gasteiger partial charge in [0.05, 0.1) is 11.4 Å². The summed E-state index contributed by atoms with van der Waals surface area (Å²) < 4.78 is 0. The van der Waals surface area contributed by atoms with Crippen molar-refractivity contribution in [1.82, 2.24) is 9.97 Å². The number of nitrogens with one attached hydrogen (secondary N) is 3. The zero-order chi connectivity index (χ0) is 18.5. The lowest BCUT2D eigenvalue weighted by molar-refractivity contribution is 0.262. The van der Waals surface area contributed by atoms with E-state index in [9.17, 15) is 4.79 Å². The second kappa shape index (κ2) is 7.74. The van der Waals surface area contributed by atoms with Gasteiger partial charge in [-0.15, -0.1) is 0 Å². The predicted octanol–water partition coefficient (Wildman–Crippen LogP) is 4.56. The van der Waals surface area contributed by atoms with E-state index in [0.29, 0.717) is 11.6 Å². The summed E-state index contributed by atoms with van der Waals surface area (Å²) in [6.07, 6.45) is 2.14. The van der Waals surface area contributed by atoms with Gasteiger partial charge in [-0.3, -0.25) is 0 Å². The van der Waals surface area contributed by atoms with E-state index in [4.69, 9.17) is 5.73 Å². The molecule has 0 bridgehead atoms. The van der Waals surface area contributed by atoms with E-state index in [1.807, 2.05) is 55.5 Å². The fraction of sp³-hybridized carbons (Fsp3) is 0.200. The van der Waals surface area contributed by atoms with Crippen molar-refractivity contribution in [2.24, 2.45) is 0 Å². The monoisotopic (exact) mass is 349 g/mol. The van der Waals surface area contributed by atoms with Crippen LogP contribution in [0.5, 0.6) is 0 Å². The number of carbonyl (C=O) groups is 1. The molecule has 5 N–H and O–H groups in total. The maximum Gasteiger partial charge on any atom is 0.323 e. The Labute approximate surface area is 152 Å². The van der Waals surface area contributed by atoms with Gasteiger partial charge in [0.15, 0.2) is 5.95 Å². The van der Waals surface area contributed by atoms with E-state index >= 15 is 0 Å². The smallest absolute Gasteiger partial charge is 0.323 e. The Balaban J connectivity index is 1.67. The van der Waals surface area contributed by atoms with E-state index < -0.39 is 0 Å². The molecule has 6 heteroatoms. The average molecular weight is 349 g/mol. The topological polar surface area (TPSA) is 95.8 Å². The molecule has 134 valence electrons. The maximum absolute atomic E-state index is 12.2. The summed E-state index contributed by atoms with van der Waals surface area (Å²) in [5.74, 6) is 0.375. The number of amides is 2. The summed E-state index contributed by atoms with van der Waals surface area (Å²) in [5.41, 5.74) is 11.0. The molecule has 0 fully saturated rings. The number of benzene rings is 2. The Bertz CT molecular complexity index is 899. The summed E-state index contributed by atoms with van der Waals surface area (Å²) in [4.78, 5) is 19.5. The fourth-order valence-corrected chi connectivity index (χ4v) is 2.85. The molecule has 1 aromatic heterocycles. The number of aromatic nitrogens is 2. The summed E-state index contributed by atoms with van der Waals surface area (Å²) in [6, 6.07) is 15.1. The fourth-order valence-electron chi connectivity index (χ4n) is 2.85. The molecule has 0 spiro atoms. The van der Waals surface area contributed by atoms with E-state index in [0.717, 1.165) is 35.5 Å². The molecule has 3 rings (SSSR count). The van der Waals surface area contributed by atoms with Gasteiger partial charge in [-0.2, -0.15) is 0 Å².